The number of thiazole rings is 1. The molecule has 2 N–H and O–H groups in total. The summed E-state index contributed by atoms with van der Waals surface area (Å²) in [5, 5.41) is 8.37. The molecule has 306 valence electrons. The molecule has 13 heteroatoms. The number of hydrogen-bond donors (Lipinski definition) is 2. The highest BCUT2D eigenvalue weighted by Gasteiger charge is 2.54. The predicted molar refractivity (Wildman–Crippen MR) is 228 cm³/mol. The lowest BCUT2D eigenvalue weighted by molar-refractivity contribution is -0.155. The number of aliphatic imine (C=N–C) groups is 1. The third-order valence-corrected chi connectivity index (χ3v) is 12.6. The summed E-state index contributed by atoms with van der Waals surface area (Å²) < 4.78 is 14.2. The normalized spacial score (nSPS) is 24.5. The Morgan fingerprint density at radius 1 is 1.26 bits per heavy atom. The van der Waals surface area contributed by atoms with E-state index in [0.29, 0.717) is 37.4 Å². The van der Waals surface area contributed by atoms with Gasteiger partial charge in [0.1, 0.15) is 12.1 Å². The third-order valence-electron chi connectivity index (χ3n) is 11.8. The summed E-state index contributed by atoms with van der Waals surface area (Å²) in [6, 6.07) is 10.5. The lowest BCUT2D eigenvalue weighted by Gasteiger charge is -2.35. The Labute approximate surface area is 344 Å². The quantitative estimate of drug-likeness (QED) is 0.106. The zero-order valence-electron chi connectivity index (χ0n) is 34.6. The van der Waals surface area contributed by atoms with Gasteiger partial charge in [0.25, 0.3) is 5.91 Å². The molecule has 0 unspecified atom stereocenters. The van der Waals surface area contributed by atoms with Crippen LogP contribution in [0.2, 0.25) is 0 Å². The Kier molecular flexibility index (Phi) is 12.1. The van der Waals surface area contributed by atoms with Gasteiger partial charge in [0.2, 0.25) is 5.91 Å². The molecule has 1 aliphatic carbocycles. The van der Waals surface area contributed by atoms with Crippen LogP contribution >= 0.6 is 11.3 Å². The van der Waals surface area contributed by atoms with E-state index < -0.39 is 23.5 Å². The molecule has 1 aromatic carbocycles. The van der Waals surface area contributed by atoms with Crippen molar-refractivity contribution in [1.82, 2.24) is 30.3 Å². The molecule has 6 bridgehead atoms. The first-order valence-electron chi connectivity index (χ1n) is 20.3. The molecule has 3 aliphatic rings. The van der Waals surface area contributed by atoms with Gasteiger partial charge in [0, 0.05) is 89.4 Å². The standard InChI is InChI=1S/C45H55N7O5S/c1-9-29(40(46-10-2)27(5)56-8)41-31-23-45(6,7)25-57-44(55)33-16-14-20-52(50-33)43(54)34(49-42(53)39-26(4)38(39)32-15-12-13-19-47-32)22-37-48-35(24-58-37)28-17-18-36(30(31)21-28)51(41)11-3/h9-10,12-13,15,17-19,21,24,26-27,33-34,38-39,50H,1,11,14,16,20,22-23,25H2,2-8H3,(H,49,53)/b40-29+,46-10?/t26-,27+,33+,34+,38+,39-/m1/s1. The van der Waals surface area contributed by atoms with Gasteiger partial charge in [0.05, 0.1) is 34.8 Å². The number of nitrogens with one attached hydrogen (secondary N) is 2. The maximum atomic E-state index is 14.4. The number of hydrazine groups is 1. The summed E-state index contributed by atoms with van der Waals surface area (Å²) in [5.41, 5.74) is 10.1. The van der Waals surface area contributed by atoms with Crippen LogP contribution in [0, 0.1) is 17.3 Å². The minimum atomic E-state index is -0.905. The second-order valence-corrected chi connectivity index (χ2v) is 17.3. The van der Waals surface area contributed by atoms with Crippen LogP contribution in [0.1, 0.15) is 82.3 Å². The second-order valence-electron chi connectivity index (χ2n) is 16.4. The topological polar surface area (TPSA) is 140 Å². The third kappa shape index (κ3) is 8.17. The van der Waals surface area contributed by atoms with Crippen molar-refractivity contribution in [3.05, 3.63) is 88.3 Å². The molecule has 1 saturated carbocycles. The van der Waals surface area contributed by atoms with Crippen LogP contribution in [0.5, 0.6) is 0 Å². The summed E-state index contributed by atoms with van der Waals surface area (Å²) in [7, 11) is 1.68. The number of rotatable bonds is 9. The van der Waals surface area contributed by atoms with E-state index in [1.807, 2.05) is 50.4 Å². The number of amides is 2. The lowest BCUT2D eigenvalue weighted by atomic mass is 9.84. The Bertz CT molecular complexity index is 2260. The molecule has 0 spiro atoms. The number of carbonyl (C=O) groups is 3. The number of aryl methyl sites for hydroxylation is 1. The number of aromatic nitrogens is 3. The van der Waals surface area contributed by atoms with Crippen molar-refractivity contribution in [3.8, 4) is 11.3 Å². The van der Waals surface area contributed by atoms with Crippen molar-refractivity contribution >= 4 is 51.8 Å². The van der Waals surface area contributed by atoms with Crippen LogP contribution in [0.15, 0.2) is 71.3 Å². The highest BCUT2D eigenvalue weighted by molar-refractivity contribution is 7.10. The first kappa shape index (κ1) is 41.2. The summed E-state index contributed by atoms with van der Waals surface area (Å²) in [5.74, 6) is -1.16. The van der Waals surface area contributed by atoms with E-state index in [9.17, 15) is 14.4 Å². The summed E-state index contributed by atoms with van der Waals surface area (Å²) >= 11 is 1.46. The van der Waals surface area contributed by atoms with Crippen molar-refractivity contribution in [1.29, 1.82) is 0 Å². The number of fused-ring (bicyclic) bond motifs is 6. The van der Waals surface area contributed by atoms with Crippen molar-refractivity contribution in [2.75, 3.05) is 20.3 Å². The molecular formula is C45H55N7O5S. The van der Waals surface area contributed by atoms with Gasteiger partial charge < -0.3 is 19.4 Å². The molecule has 2 fully saturated rings. The average Bonchev–Trinajstić information content (AvgIpc) is 3.53. The smallest absolute Gasteiger partial charge is 0.324 e. The van der Waals surface area contributed by atoms with E-state index in [1.165, 1.54) is 16.3 Å². The second kappa shape index (κ2) is 17.1. The van der Waals surface area contributed by atoms with Gasteiger partial charge in [-0.2, -0.15) is 0 Å². The van der Waals surface area contributed by atoms with Crippen LogP contribution in [0.25, 0.3) is 27.7 Å². The zero-order chi connectivity index (χ0) is 41.3. The zero-order valence-corrected chi connectivity index (χ0v) is 35.4. The predicted octanol–water partition coefficient (Wildman–Crippen LogP) is 6.90. The molecule has 5 heterocycles. The van der Waals surface area contributed by atoms with E-state index in [2.05, 4.69) is 65.8 Å². The van der Waals surface area contributed by atoms with Crippen molar-refractivity contribution in [2.45, 2.75) is 97.9 Å². The van der Waals surface area contributed by atoms with Gasteiger partial charge in [-0.15, -0.1) is 11.3 Å². The van der Waals surface area contributed by atoms with Gasteiger partial charge in [-0.05, 0) is 75.8 Å². The van der Waals surface area contributed by atoms with Gasteiger partial charge in [0.15, 0.2) is 0 Å². The van der Waals surface area contributed by atoms with E-state index >= 15 is 0 Å². The number of carbonyl (C=O) groups excluding carboxylic acids is 3. The molecule has 4 aromatic rings. The first-order valence-corrected chi connectivity index (χ1v) is 21.2. The lowest BCUT2D eigenvalue weighted by Crippen LogP contribution is -2.60. The SMILES string of the molecule is C=C/C(=C(\N=CC)[C@H](C)OC)c1c2c3cc(ccc3n1CC)-c1csc(n1)C[C@H](NC(=O)[C@@H]1[C@H](C)[C@H]1c1ccccn1)C(=O)N1CCC[C@H](N1)C(=O)OCC(C)(C)C2. The molecule has 0 radical (unpaired) electrons. The number of allylic oxidation sites excluding steroid dienone is 2. The highest BCUT2D eigenvalue weighted by Crippen LogP contribution is 2.53. The van der Waals surface area contributed by atoms with E-state index in [4.69, 9.17) is 19.5 Å². The Hall–Kier alpha value is -4.98. The maximum absolute atomic E-state index is 14.4. The minimum Gasteiger partial charge on any atom is -0.464 e. The number of cyclic esters (lactones) is 1. The van der Waals surface area contributed by atoms with Gasteiger partial charge in [-0.1, -0.05) is 45.6 Å². The summed E-state index contributed by atoms with van der Waals surface area (Å²) in [4.78, 5) is 56.4. The molecule has 1 saturated heterocycles. The Morgan fingerprint density at radius 2 is 2.07 bits per heavy atom. The molecule has 7 rings (SSSR count). The van der Waals surface area contributed by atoms with Crippen molar-refractivity contribution in [3.63, 3.8) is 0 Å². The fourth-order valence-electron chi connectivity index (χ4n) is 8.64. The molecule has 2 aliphatic heterocycles. The molecule has 2 amide bonds. The van der Waals surface area contributed by atoms with E-state index in [1.54, 1.807) is 19.5 Å². The fourth-order valence-corrected chi connectivity index (χ4v) is 9.49. The fraction of sp³-hybridized carbons (Fsp3) is 0.467. The van der Waals surface area contributed by atoms with Gasteiger partial charge in [-0.25, -0.2) is 10.4 Å². The van der Waals surface area contributed by atoms with E-state index in [0.717, 1.165) is 50.4 Å². The minimum absolute atomic E-state index is 0.0196. The highest BCUT2D eigenvalue weighted by atomic mass is 32.1. The van der Waals surface area contributed by atoms with Gasteiger partial charge in [-0.3, -0.25) is 29.4 Å². The number of methoxy groups -OCH3 is 1. The van der Waals surface area contributed by atoms with Crippen LogP contribution < -0.4 is 10.7 Å². The average molecular weight is 806 g/mol. The largest absolute Gasteiger partial charge is 0.464 e. The Balaban J connectivity index is 1.32. The maximum Gasteiger partial charge on any atom is 0.324 e. The molecule has 3 aromatic heterocycles. The first-order chi connectivity index (χ1) is 27.9. The number of ether oxygens (including phenoxy) is 2. The van der Waals surface area contributed by atoms with Crippen LogP contribution in [0.4, 0.5) is 0 Å². The summed E-state index contributed by atoms with van der Waals surface area (Å²) in [6.45, 7) is 17.7. The van der Waals surface area contributed by atoms with Gasteiger partial charge >= 0.3 is 5.97 Å². The van der Waals surface area contributed by atoms with Crippen molar-refractivity contribution in [2.24, 2.45) is 22.2 Å². The van der Waals surface area contributed by atoms with Crippen LogP contribution in [0.3, 0.4) is 0 Å². The number of pyridine rings is 1. The van der Waals surface area contributed by atoms with Crippen molar-refractivity contribution < 1.29 is 23.9 Å². The molecule has 58 heavy (non-hydrogen) atoms. The molecule has 12 nitrogen and oxygen atoms in total. The summed E-state index contributed by atoms with van der Waals surface area (Å²) in [6.07, 6.45) is 6.98. The van der Waals surface area contributed by atoms with Crippen LogP contribution in [-0.2, 0) is 43.2 Å². The number of benzene rings is 1. The van der Waals surface area contributed by atoms with E-state index in [-0.39, 0.29) is 48.7 Å². The number of hydrogen-bond acceptors (Lipinski definition) is 10. The monoisotopic (exact) mass is 805 g/mol. The Morgan fingerprint density at radius 3 is 2.78 bits per heavy atom. The number of esters is 1. The number of nitrogens with zero attached hydrogens (tertiary/aromatic N) is 5. The van der Waals surface area contributed by atoms with Crippen LogP contribution in [-0.4, -0.2) is 82.0 Å². The molecule has 6 atom stereocenters. The molecular weight excluding hydrogens is 751 g/mol.